The molecule has 1 atom stereocenters. The van der Waals surface area contributed by atoms with E-state index in [4.69, 9.17) is 0 Å². The number of likely N-dealkylation sites (tertiary alicyclic amines) is 1. The van der Waals surface area contributed by atoms with Gasteiger partial charge in [-0.25, -0.2) is 0 Å². The van der Waals surface area contributed by atoms with E-state index < -0.39 is 0 Å². The number of aromatic nitrogens is 1. The Morgan fingerprint density at radius 1 is 1.24 bits per heavy atom. The molecule has 1 aromatic heterocycles. The Balaban J connectivity index is 1.75. The van der Waals surface area contributed by atoms with Crippen molar-refractivity contribution in [2.75, 3.05) is 13.1 Å². The van der Waals surface area contributed by atoms with Crippen LogP contribution in [0.15, 0.2) is 42.7 Å². The molecule has 1 amide bonds. The summed E-state index contributed by atoms with van der Waals surface area (Å²) >= 11 is 0. The number of hydrogen-bond donors (Lipinski definition) is 0. The van der Waals surface area contributed by atoms with Crippen LogP contribution in [0.25, 0.3) is 0 Å². The topological polar surface area (TPSA) is 33.2 Å². The van der Waals surface area contributed by atoms with E-state index in [1.54, 1.807) is 12.4 Å². The SMILES string of the molecule is Cc1cc(C)cc([C@H]2CCN(C(=O)c3cccnc3)C2)c1. The van der Waals surface area contributed by atoms with Crippen LogP contribution in [-0.4, -0.2) is 28.9 Å². The smallest absolute Gasteiger partial charge is 0.255 e. The van der Waals surface area contributed by atoms with Crippen molar-refractivity contribution in [1.82, 2.24) is 9.88 Å². The molecule has 2 aromatic rings. The average Bonchev–Trinajstić information content (AvgIpc) is 2.96. The zero-order chi connectivity index (χ0) is 14.8. The Hall–Kier alpha value is -2.16. The number of nitrogens with zero attached hydrogens (tertiary/aromatic N) is 2. The minimum Gasteiger partial charge on any atom is -0.338 e. The maximum Gasteiger partial charge on any atom is 0.255 e. The summed E-state index contributed by atoms with van der Waals surface area (Å²) in [7, 11) is 0. The Labute approximate surface area is 125 Å². The van der Waals surface area contributed by atoms with Gasteiger partial charge in [0.1, 0.15) is 0 Å². The molecule has 3 heteroatoms. The fraction of sp³-hybridized carbons (Fsp3) is 0.333. The van der Waals surface area contributed by atoms with E-state index in [0.29, 0.717) is 11.5 Å². The number of carbonyl (C=O) groups excluding carboxylic acids is 1. The highest BCUT2D eigenvalue weighted by molar-refractivity contribution is 5.94. The van der Waals surface area contributed by atoms with Crippen molar-refractivity contribution in [2.24, 2.45) is 0 Å². The molecule has 1 aromatic carbocycles. The van der Waals surface area contributed by atoms with Gasteiger partial charge in [-0.2, -0.15) is 0 Å². The normalized spacial score (nSPS) is 18.0. The monoisotopic (exact) mass is 280 g/mol. The number of pyridine rings is 1. The Morgan fingerprint density at radius 2 is 2.00 bits per heavy atom. The van der Waals surface area contributed by atoms with Crippen molar-refractivity contribution in [2.45, 2.75) is 26.2 Å². The predicted molar refractivity (Wildman–Crippen MR) is 83.4 cm³/mol. The lowest BCUT2D eigenvalue weighted by Gasteiger charge is -2.17. The van der Waals surface area contributed by atoms with Crippen LogP contribution in [0, 0.1) is 13.8 Å². The van der Waals surface area contributed by atoms with Crippen molar-refractivity contribution in [3.63, 3.8) is 0 Å². The lowest BCUT2D eigenvalue weighted by atomic mass is 9.95. The van der Waals surface area contributed by atoms with Gasteiger partial charge in [-0.15, -0.1) is 0 Å². The van der Waals surface area contributed by atoms with Gasteiger partial charge in [0.25, 0.3) is 5.91 Å². The highest BCUT2D eigenvalue weighted by Gasteiger charge is 2.28. The third-order valence-electron chi connectivity index (χ3n) is 4.10. The van der Waals surface area contributed by atoms with Crippen LogP contribution in [0.1, 0.15) is 39.4 Å². The summed E-state index contributed by atoms with van der Waals surface area (Å²) < 4.78 is 0. The van der Waals surface area contributed by atoms with Gasteiger partial charge >= 0.3 is 0 Å². The zero-order valence-electron chi connectivity index (χ0n) is 12.5. The van der Waals surface area contributed by atoms with Crippen LogP contribution in [0.2, 0.25) is 0 Å². The Morgan fingerprint density at radius 3 is 2.67 bits per heavy atom. The summed E-state index contributed by atoms with van der Waals surface area (Å²) in [5.41, 5.74) is 4.62. The molecule has 1 aliphatic rings. The molecule has 2 heterocycles. The van der Waals surface area contributed by atoms with Crippen LogP contribution in [0.3, 0.4) is 0 Å². The average molecular weight is 280 g/mol. The van der Waals surface area contributed by atoms with E-state index >= 15 is 0 Å². The largest absolute Gasteiger partial charge is 0.338 e. The summed E-state index contributed by atoms with van der Waals surface area (Å²) in [6, 6.07) is 10.3. The first-order valence-electron chi connectivity index (χ1n) is 7.41. The van der Waals surface area contributed by atoms with E-state index in [-0.39, 0.29) is 5.91 Å². The second-order valence-corrected chi connectivity index (χ2v) is 5.90. The predicted octanol–water partition coefficient (Wildman–Crippen LogP) is 3.33. The zero-order valence-corrected chi connectivity index (χ0v) is 12.5. The molecule has 3 rings (SSSR count). The molecule has 0 aliphatic carbocycles. The van der Waals surface area contributed by atoms with Crippen molar-refractivity contribution < 1.29 is 4.79 Å². The molecular weight excluding hydrogens is 260 g/mol. The third kappa shape index (κ3) is 2.97. The molecular formula is C18H20N2O. The number of rotatable bonds is 2. The standard InChI is InChI=1S/C18H20N2O/c1-13-8-14(2)10-17(9-13)16-5-7-20(12-16)18(21)15-4-3-6-19-11-15/h3-4,6,8-11,16H,5,7,12H2,1-2H3/t16-/m0/s1. The molecule has 0 spiro atoms. The summed E-state index contributed by atoms with van der Waals surface area (Å²) in [5, 5.41) is 0. The molecule has 0 bridgehead atoms. The molecule has 1 aliphatic heterocycles. The van der Waals surface area contributed by atoms with Crippen LogP contribution >= 0.6 is 0 Å². The second-order valence-electron chi connectivity index (χ2n) is 5.90. The molecule has 21 heavy (non-hydrogen) atoms. The Bertz CT molecular complexity index is 631. The first-order chi connectivity index (χ1) is 10.1. The maximum absolute atomic E-state index is 12.4. The van der Waals surface area contributed by atoms with Crippen molar-refractivity contribution >= 4 is 5.91 Å². The first kappa shape index (κ1) is 13.8. The lowest BCUT2D eigenvalue weighted by molar-refractivity contribution is 0.0790. The quantitative estimate of drug-likeness (QED) is 0.845. The van der Waals surface area contributed by atoms with Crippen LogP contribution in [0.5, 0.6) is 0 Å². The molecule has 0 radical (unpaired) electrons. The molecule has 3 nitrogen and oxygen atoms in total. The van der Waals surface area contributed by atoms with Crippen molar-refractivity contribution in [1.29, 1.82) is 0 Å². The summed E-state index contributed by atoms with van der Waals surface area (Å²) in [4.78, 5) is 18.4. The molecule has 0 saturated carbocycles. The minimum absolute atomic E-state index is 0.0926. The van der Waals surface area contributed by atoms with E-state index in [1.807, 2.05) is 17.0 Å². The molecule has 1 saturated heterocycles. The van der Waals surface area contributed by atoms with Crippen molar-refractivity contribution in [3.8, 4) is 0 Å². The van der Waals surface area contributed by atoms with E-state index in [0.717, 1.165) is 19.5 Å². The number of aryl methyl sites for hydroxylation is 2. The summed E-state index contributed by atoms with van der Waals surface area (Å²) in [6.07, 6.45) is 4.38. The fourth-order valence-corrected chi connectivity index (χ4v) is 3.13. The van der Waals surface area contributed by atoms with Gasteiger partial charge in [-0.3, -0.25) is 9.78 Å². The lowest BCUT2D eigenvalue weighted by Crippen LogP contribution is -2.28. The van der Waals surface area contributed by atoms with Gasteiger partial charge in [0, 0.05) is 31.4 Å². The van der Waals surface area contributed by atoms with Crippen molar-refractivity contribution in [3.05, 3.63) is 65.0 Å². The second kappa shape index (κ2) is 5.68. The summed E-state index contributed by atoms with van der Waals surface area (Å²) in [6.45, 7) is 5.88. The molecule has 0 N–H and O–H groups in total. The van der Waals surface area contributed by atoms with Gasteiger partial charge in [0.05, 0.1) is 5.56 Å². The van der Waals surface area contributed by atoms with Crippen LogP contribution < -0.4 is 0 Å². The molecule has 0 unspecified atom stereocenters. The minimum atomic E-state index is 0.0926. The van der Waals surface area contributed by atoms with Crippen LogP contribution in [0.4, 0.5) is 0 Å². The van der Waals surface area contributed by atoms with E-state index in [1.165, 1.54) is 16.7 Å². The highest BCUT2D eigenvalue weighted by Crippen LogP contribution is 2.29. The van der Waals surface area contributed by atoms with Gasteiger partial charge in [0.2, 0.25) is 0 Å². The highest BCUT2D eigenvalue weighted by atomic mass is 16.2. The fourth-order valence-electron chi connectivity index (χ4n) is 3.13. The van der Waals surface area contributed by atoms with Gasteiger partial charge in [-0.05, 0) is 38.0 Å². The number of benzene rings is 1. The maximum atomic E-state index is 12.4. The van der Waals surface area contributed by atoms with Gasteiger partial charge in [0.15, 0.2) is 0 Å². The number of hydrogen-bond acceptors (Lipinski definition) is 2. The first-order valence-corrected chi connectivity index (χ1v) is 7.41. The Kier molecular flexibility index (Phi) is 3.74. The van der Waals surface area contributed by atoms with E-state index in [9.17, 15) is 4.79 Å². The van der Waals surface area contributed by atoms with Gasteiger partial charge < -0.3 is 4.90 Å². The number of amides is 1. The third-order valence-corrected chi connectivity index (χ3v) is 4.10. The number of carbonyl (C=O) groups is 1. The van der Waals surface area contributed by atoms with E-state index in [2.05, 4.69) is 37.0 Å². The molecule has 108 valence electrons. The van der Waals surface area contributed by atoms with Gasteiger partial charge in [-0.1, -0.05) is 29.3 Å². The van der Waals surface area contributed by atoms with Crippen LogP contribution in [-0.2, 0) is 0 Å². The summed E-state index contributed by atoms with van der Waals surface area (Å²) in [5.74, 6) is 0.541. The molecule has 1 fully saturated rings.